The molecule has 1 aromatic rings. The first-order valence-corrected chi connectivity index (χ1v) is 8.66. The molecule has 0 radical (unpaired) electrons. The first-order chi connectivity index (χ1) is 12.7. The molecule has 5 nitrogen and oxygen atoms in total. The Morgan fingerprint density at radius 1 is 1.35 bits per heavy atom. The van der Waals surface area contributed by atoms with Crippen LogP contribution in [0, 0.1) is 30.1 Å². The summed E-state index contributed by atoms with van der Waals surface area (Å²) in [4.78, 5) is 4.67. The third kappa shape index (κ3) is 5.39. The number of terminal acetylenes is 1. The molecule has 2 rings (SSSR count). The van der Waals surface area contributed by atoms with E-state index in [0.717, 1.165) is 28.4 Å². The van der Waals surface area contributed by atoms with Crippen molar-refractivity contribution in [3.63, 3.8) is 0 Å². The van der Waals surface area contributed by atoms with Gasteiger partial charge >= 0.3 is 0 Å². The van der Waals surface area contributed by atoms with E-state index in [-0.39, 0.29) is 12.5 Å². The fraction of sp³-hybridized carbons (Fsp3) is 0.381. The van der Waals surface area contributed by atoms with Gasteiger partial charge in [-0.05, 0) is 36.1 Å². The van der Waals surface area contributed by atoms with Gasteiger partial charge < -0.3 is 20.5 Å². The largest absolute Gasteiger partial charge is 0.497 e. The second-order valence-corrected chi connectivity index (χ2v) is 5.89. The molecule has 1 aliphatic rings. The summed E-state index contributed by atoms with van der Waals surface area (Å²) in [5, 5.41) is 15.5. The van der Waals surface area contributed by atoms with Gasteiger partial charge in [-0.3, -0.25) is 0 Å². The molecule has 1 heterocycles. The molecular formula is C21H25N3O2. The highest BCUT2D eigenvalue weighted by atomic mass is 16.5. The minimum atomic E-state index is 0.106. The van der Waals surface area contributed by atoms with Gasteiger partial charge in [0.1, 0.15) is 11.6 Å². The minimum Gasteiger partial charge on any atom is -0.497 e. The molecule has 1 aliphatic heterocycles. The topological polar surface area (TPSA) is 65.9 Å². The van der Waals surface area contributed by atoms with Crippen molar-refractivity contribution in [2.24, 2.45) is 10.9 Å². The van der Waals surface area contributed by atoms with Crippen molar-refractivity contribution >= 4 is 5.71 Å². The molecule has 3 N–H and O–H groups in total. The van der Waals surface area contributed by atoms with E-state index in [1.165, 1.54) is 0 Å². The molecule has 0 fully saturated rings. The highest BCUT2D eigenvalue weighted by Gasteiger charge is 2.24. The Morgan fingerprint density at radius 2 is 2.19 bits per heavy atom. The molecule has 1 aromatic carbocycles. The quantitative estimate of drug-likeness (QED) is 0.491. The van der Waals surface area contributed by atoms with E-state index >= 15 is 0 Å². The SMILES string of the molecule is C#CCNCC1=C(NCCCO)N=C(C#Cc2cccc(OC)c2)C1C. The van der Waals surface area contributed by atoms with Crippen LogP contribution in [0.1, 0.15) is 18.9 Å². The lowest BCUT2D eigenvalue weighted by Crippen LogP contribution is -2.24. The number of hydrogen-bond donors (Lipinski definition) is 3. The Labute approximate surface area is 155 Å². The molecule has 1 unspecified atom stereocenters. The third-order valence-corrected chi connectivity index (χ3v) is 4.04. The van der Waals surface area contributed by atoms with Crippen LogP contribution >= 0.6 is 0 Å². The number of ether oxygens (including phenoxy) is 1. The van der Waals surface area contributed by atoms with Gasteiger partial charge in [0.25, 0.3) is 0 Å². The van der Waals surface area contributed by atoms with Gasteiger partial charge in [-0.25, -0.2) is 4.99 Å². The summed E-state index contributed by atoms with van der Waals surface area (Å²) in [7, 11) is 1.64. The Hall–Kier alpha value is -2.73. The molecule has 0 bridgehead atoms. The van der Waals surface area contributed by atoms with Crippen LogP contribution < -0.4 is 15.4 Å². The summed E-state index contributed by atoms with van der Waals surface area (Å²) < 4.78 is 5.23. The van der Waals surface area contributed by atoms with E-state index in [1.807, 2.05) is 24.3 Å². The molecule has 0 aromatic heterocycles. The van der Waals surface area contributed by atoms with Gasteiger partial charge in [-0.2, -0.15) is 0 Å². The van der Waals surface area contributed by atoms with E-state index in [9.17, 15) is 0 Å². The monoisotopic (exact) mass is 351 g/mol. The third-order valence-electron chi connectivity index (χ3n) is 4.04. The van der Waals surface area contributed by atoms with E-state index in [4.69, 9.17) is 16.3 Å². The van der Waals surface area contributed by atoms with Crippen LogP contribution in [0.2, 0.25) is 0 Å². The summed E-state index contributed by atoms with van der Waals surface area (Å²) in [6.07, 6.45) is 5.98. The maximum absolute atomic E-state index is 8.98. The minimum absolute atomic E-state index is 0.106. The first-order valence-electron chi connectivity index (χ1n) is 8.66. The molecular weight excluding hydrogens is 326 g/mol. The van der Waals surface area contributed by atoms with Crippen LogP contribution in [0.3, 0.4) is 0 Å². The summed E-state index contributed by atoms with van der Waals surface area (Å²) in [5.74, 6) is 10.6. The Bertz CT molecular complexity index is 778. The number of aliphatic imine (C=N–C) groups is 1. The number of nitrogens with zero attached hydrogens (tertiary/aromatic N) is 1. The van der Waals surface area contributed by atoms with Crippen molar-refractivity contribution in [1.29, 1.82) is 0 Å². The zero-order valence-corrected chi connectivity index (χ0v) is 15.3. The number of aliphatic hydroxyl groups excluding tert-OH is 1. The summed E-state index contributed by atoms with van der Waals surface area (Å²) in [5.41, 5.74) is 2.83. The zero-order chi connectivity index (χ0) is 18.8. The molecule has 26 heavy (non-hydrogen) atoms. The maximum atomic E-state index is 8.98. The average molecular weight is 351 g/mol. The lowest BCUT2D eigenvalue weighted by Gasteiger charge is -2.12. The van der Waals surface area contributed by atoms with Crippen molar-refractivity contribution < 1.29 is 9.84 Å². The molecule has 5 heteroatoms. The lowest BCUT2D eigenvalue weighted by atomic mass is 9.98. The van der Waals surface area contributed by atoms with Gasteiger partial charge in [-0.1, -0.05) is 24.8 Å². The highest BCUT2D eigenvalue weighted by molar-refractivity contribution is 6.06. The number of nitrogens with one attached hydrogen (secondary N) is 2. The van der Waals surface area contributed by atoms with Gasteiger partial charge in [0, 0.05) is 31.2 Å². The summed E-state index contributed by atoms with van der Waals surface area (Å²) in [6, 6.07) is 7.65. The van der Waals surface area contributed by atoms with Crippen LogP contribution in [0.25, 0.3) is 0 Å². The second kappa shape index (κ2) is 10.3. The summed E-state index contributed by atoms with van der Waals surface area (Å²) >= 11 is 0. The Kier molecular flexibility index (Phi) is 7.76. The van der Waals surface area contributed by atoms with Crippen molar-refractivity contribution in [1.82, 2.24) is 10.6 Å². The Balaban J connectivity index is 2.15. The van der Waals surface area contributed by atoms with Crippen LogP contribution in [-0.2, 0) is 0 Å². The number of aliphatic hydroxyl groups is 1. The lowest BCUT2D eigenvalue weighted by molar-refractivity contribution is 0.287. The fourth-order valence-electron chi connectivity index (χ4n) is 2.58. The predicted molar refractivity (Wildman–Crippen MR) is 105 cm³/mol. The number of methoxy groups -OCH3 is 1. The van der Waals surface area contributed by atoms with E-state index < -0.39 is 0 Å². The molecule has 0 saturated carbocycles. The standard InChI is InChI=1S/C21H25N3O2/c1-4-11-22-15-19-16(2)20(24-21(19)23-12-6-13-25)10-9-17-7-5-8-18(14-17)26-3/h1,5,7-8,14,16,22-23,25H,6,11-13,15H2,2-3H3. The average Bonchev–Trinajstić information content (AvgIpc) is 2.96. The number of rotatable bonds is 8. The van der Waals surface area contributed by atoms with E-state index in [1.54, 1.807) is 7.11 Å². The van der Waals surface area contributed by atoms with Crippen molar-refractivity contribution in [2.75, 3.05) is 33.4 Å². The second-order valence-electron chi connectivity index (χ2n) is 5.89. The molecule has 0 aliphatic carbocycles. The van der Waals surface area contributed by atoms with Crippen LogP contribution in [0.5, 0.6) is 5.75 Å². The zero-order valence-electron chi connectivity index (χ0n) is 15.3. The smallest absolute Gasteiger partial charge is 0.128 e. The predicted octanol–water partition coefficient (Wildman–Crippen LogP) is 1.54. The van der Waals surface area contributed by atoms with Crippen molar-refractivity contribution in [3.8, 4) is 29.9 Å². The molecule has 0 spiro atoms. The van der Waals surface area contributed by atoms with E-state index in [0.29, 0.717) is 26.1 Å². The van der Waals surface area contributed by atoms with Crippen LogP contribution in [-0.4, -0.2) is 44.2 Å². The van der Waals surface area contributed by atoms with Crippen LogP contribution in [0.4, 0.5) is 0 Å². The molecule has 0 amide bonds. The summed E-state index contributed by atoms with van der Waals surface area (Å²) in [6.45, 7) is 4.06. The van der Waals surface area contributed by atoms with Gasteiger partial charge in [-0.15, -0.1) is 6.42 Å². The van der Waals surface area contributed by atoms with Gasteiger partial charge in [0.05, 0.1) is 19.4 Å². The first kappa shape index (κ1) is 19.6. The van der Waals surface area contributed by atoms with Crippen molar-refractivity contribution in [3.05, 3.63) is 41.2 Å². The molecule has 0 saturated heterocycles. The molecule has 1 atom stereocenters. The van der Waals surface area contributed by atoms with Gasteiger partial charge in [0.2, 0.25) is 0 Å². The van der Waals surface area contributed by atoms with Crippen LogP contribution in [0.15, 0.2) is 40.7 Å². The maximum Gasteiger partial charge on any atom is 0.128 e. The highest BCUT2D eigenvalue weighted by Crippen LogP contribution is 2.24. The number of benzene rings is 1. The van der Waals surface area contributed by atoms with Crippen molar-refractivity contribution in [2.45, 2.75) is 13.3 Å². The molecule has 136 valence electrons. The van der Waals surface area contributed by atoms with E-state index in [2.05, 4.69) is 40.3 Å². The van der Waals surface area contributed by atoms with Gasteiger partial charge in [0.15, 0.2) is 0 Å². The fourth-order valence-corrected chi connectivity index (χ4v) is 2.58. The Morgan fingerprint density at radius 3 is 2.92 bits per heavy atom. The number of hydrogen-bond acceptors (Lipinski definition) is 5. The normalized spacial score (nSPS) is 15.8.